The van der Waals surface area contributed by atoms with Crippen molar-refractivity contribution in [3.05, 3.63) is 46.8 Å². The molecule has 0 atom stereocenters. The molecule has 152 valence electrons. The number of nitrogens with zero attached hydrogens (tertiary/aromatic N) is 3. The van der Waals surface area contributed by atoms with Gasteiger partial charge in [0.25, 0.3) is 5.91 Å². The highest BCUT2D eigenvalue weighted by atomic mass is 32.2. The van der Waals surface area contributed by atoms with Gasteiger partial charge < -0.3 is 9.42 Å². The molecule has 0 spiro atoms. The molecule has 0 unspecified atom stereocenters. The van der Waals surface area contributed by atoms with Crippen LogP contribution in [0.3, 0.4) is 0 Å². The predicted octanol–water partition coefficient (Wildman–Crippen LogP) is 2.46. The van der Waals surface area contributed by atoms with Crippen LogP contribution in [0.4, 0.5) is 13.2 Å². The number of hydrogen-bond acceptors (Lipinski definition) is 5. The minimum absolute atomic E-state index is 0.0313. The molecule has 1 aromatic heterocycles. The number of amides is 1. The number of benzene rings is 1. The van der Waals surface area contributed by atoms with Crippen LogP contribution in [0, 0.1) is 13.8 Å². The van der Waals surface area contributed by atoms with Crippen molar-refractivity contribution in [1.29, 1.82) is 0 Å². The van der Waals surface area contributed by atoms with Crippen molar-refractivity contribution in [3.63, 3.8) is 0 Å². The Morgan fingerprint density at radius 1 is 1.11 bits per heavy atom. The quantitative estimate of drug-likeness (QED) is 0.766. The minimum Gasteiger partial charge on any atom is -0.351 e. The van der Waals surface area contributed by atoms with Crippen molar-refractivity contribution in [3.8, 4) is 0 Å². The van der Waals surface area contributed by atoms with Gasteiger partial charge in [0.15, 0.2) is 0 Å². The summed E-state index contributed by atoms with van der Waals surface area (Å²) in [7, 11) is -4.11. The van der Waals surface area contributed by atoms with Gasteiger partial charge in [0, 0.05) is 32.2 Å². The Morgan fingerprint density at radius 2 is 1.75 bits per heavy atom. The van der Waals surface area contributed by atoms with Gasteiger partial charge in [-0.1, -0.05) is 11.2 Å². The topological polar surface area (TPSA) is 83.7 Å². The number of piperazine rings is 1. The van der Waals surface area contributed by atoms with Crippen molar-refractivity contribution < 1.29 is 30.9 Å². The molecule has 0 saturated carbocycles. The largest absolute Gasteiger partial charge is 0.416 e. The van der Waals surface area contributed by atoms with Crippen LogP contribution in [-0.4, -0.2) is 54.9 Å². The molecule has 1 aliphatic heterocycles. The second kappa shape index (κ2) is 7.21. The molecule has 7 nitrogen and oxygen atoms in total. The summed E-state index contributed by atoms with van der Waals surface area (Å²) in [5, 5.41) is 3.64. The van der Waals surface area contributed by atoms with E-state index in [2.05, 4.69) is 5.16 Å². The second-order valence-corrected chi connectivity index (χ2v) is 8.44. The minimum atomic E-state index is -4.64. The van der Waals surface area contributed by atoms with Crippen molar-refractivity contribution in [1.82, 2.24) is 14.4 Å². The summed E-state index contributed by atoms with van der Waals surface area (Å²) < 4.78 is 70.8. The molecule has 11 heteroatoms. The van der Waals surface area contributed by atoms with E-state index in [1.54, 1.807) is 6.92 Å². The summed E-state index contributed by atoms with van der Waals surface area (Å²) in [5.74, 6) is -0.352. The normalized spacial score (nSPS) is 16.4. The second-order valence-electron chi connectivity index (χ2n) is 6.50. The summed E-state index contributed by atoms with van der Waals surface area (Å²) in [6, 6.07) is 4.44. The fourth-order valence-electron chi connectivity index (χ4n) is 2.97. The summed E-state index contributed by atoms with van der Waals surface area (Å²) >= 11 is 0. The summed E-state index contributed by atoms with van der Waals surface area (Å²) in [4.78, 5) is 13.3. The van der Waals surface area contributed by atoms with Gasteiger partial charge in [-0.3, -0.25) is 4.79 Å². The molecule has 1 aliphatic rings. The van der Waals surface area contributed by atoms with Gasteiger partial charge in [-0.25, -0.2) is 8.42 Å². The third-order valence-corrected chi connectivity index (χ3v) is 6.41. The van der Waals surface area contributed by atoms with Gasteiger partial charge in [0.2, 0.25) is 15.8 Å². The van der Waals surface area contributed by atoms with E-state index in [4.69, 9.17) is 4.52 Å². The smallest absolute Gasteiger partial charge is 0.351 e. The van der Waals surface area contributed by atoms with Crippen molar-refractivity contribution >= 4 is 15.9 Å². The van der Waals surface area contributed by atoms with Crippen molar-refractivity contribution in [2.45, 2.75) is 24.9 Å². The average molecular weight is 417 g/mol. The van der Waals surface area contributed by atoms with E-state index in [0.717, 1.165) is 16.4 Å². The van der Waals surface area contributed by atoms with Crippen LogP contribution in [-0.2, 0) is 16.2 Å². The van der Waals surface area contributed by atoms with Crippen molar-refractivity contribution in [2.24, 2.45) is 0 Å². The van der Waals surface area contributed by atoms with Crippen LogP contribution in [0.1, 0.15) is 27.4 Å². The molecule has 1 amide bonds. The van der Waals surface area contributed by atoms with Crippen LogP contribution < -0.4 is 0 Å². The lowest BCUT2D eigenvalue weighted by molar-refractivity contribution is -0.138. The Balaban J connectivity index is 1.76. The zero-order chi connectivity index (χ0) is 20.7. The maximum Gasteiger partial charge on any atom is 0.416 e. The molecule has 0 bridgehead atoms. The number of aromatic nitrogens is 1. The number of rotatable bonds is 3. The summed E-state index contributed by atoms with van der Waals surface area (Å²) in [6.45, 7) is 3.06. The van der Waals surface area contributed by atoms with E-state index in [0.29, 0.717) is 11.8 Å². The van der Waals surface area contributed by atoms with Crippen LogP contribution in [0.5, 0.6) is 0 Å². The van der Waals surface area contributed by atoms with Gasteiger partial charge >= 0.3 is 6.18 Å². The van der Waals surface area contributed by atoms with Gasteiger partial charge in [-0.05, 0) is 31.5 Å². The lowest BCUT2D eigenvalue weighted by Gasteiger charge is -2.33. The highest BCUT2D eigenvalue weighted by Crippen LogP contribution is 2.34. The molecule has 0 radical (unpaired) electrons. The number of carbonyl (C=O) groups is 1. The van der Waals surface area contributed by atoms with Gasteiger partial charge in [0.1, 0.15) is 0 Å². The molecule has 1 saturated heterocycles. The first-order valence-corrected chi connectivity index (χ1v) is 9.85. The molecule has 0 aliphatic carbocycles. The van der Waals surface area contributed by atoms with E-state index in [9.17, 15) is 26.4 Å². The van der Waals surface area contributed by atoms with Gasteiger partial charge in [0.05, 0.1) is 16.2 Å². The Labute approximate surface area is 159 Å². The highest BCUT2D eigenvalue weighted by molar-refractivity contribution is 7.89. The molecular formula is C17H18F3N3O4S. The first kappa shape index (κ1) is 20.3. The number of sulfonamides is 1. The van der Waals surface area contributed by atoms with Crippen LogP contribution >= 0.6 is 0 Å². The number of aryl methyl sites for hydroxylation is 2. The van der Waals surface area contributed by atoms with E-state index in [1.165, 1.54) is 17.9 Å². The Bertz CT molecular complexity index is 993. The maximum absolute atomic E-state index is 13.1. The molecule has 1 fully saturated rings. The molecule has 28 heavy (non-hydrogen) atoms. The fourth-order valence-corrected chi connectivity index (χ4v) is 4.42. The zero-order valence-corrected chi connectivity index (χ0v) is 16.0. The Morgan fingerprint density at radius 3 is 2.29 bits per heavy atom. The number of carbonyl (C=O) groups excluding carboxylic acids is 1. The molecule has 2 heterocycles. The fraction of sp³-hybridized carbons (Fsp3) is 0.412. The van der Waals surface area contributed by atoms with E-state index < -0.39 is 32.6 Å². The SMILES string of the molecule is Cc1cc(C(=O)N2CCN(S(=O)(=O)c3ccc(C)c(C(F)(F)F)c3)CC2)on1. The molecule has 3 rings (SSSR count). The third-order valence-electron chi connectivity index (χ3n) is 4.52. The number of hydrogen-bond donors (Lipinski definition) is 0. The van der Waals surface area contributed by atoms with E-state index in [1.807, 2.05) is 0 Å². The van der Waals surface area contributed by atoms with Gasteiger partial charge in [-0.15, -0.1) is 0 Å². The van der Waals surface area contributed by atoms with Crippen LogP contribution in [0.25, 0.3) is 0 Å². The van der Waals surface area contributed by atoms with Crippen molar-refractivity contribution in [2.75, 3.05) is 26.2 Å². The third kappa shape index (κ3) is 3.90. The van der Waals surface area contributed by atoms with Crippen LogP contribution in [0.2, 0.25) is 0 Å². The highest BCUT2D eigenvalue weighted by Gasteiger charge is 2.36. The molecule has 0 N–H and O–H groups in total. The number of halogens is 3. The first-order valence-electron chi connectivity index (χ1n) is 8.41. The predicted molar refractivity (Wildman–Crippen MR) is 92.1 cm³/mol. The standard InChI is InChI=1S/C17H18F3N3O4S/c1-11-3-4-13(10-14(11)17(18,19)20)28(25,26)23-7-5-22(6-8-23)16(24)15-9-12(2)21-27-15/h3-4,9-10H,5-8H2,1-2H3. The lowest BCUT2D eigenvalue weighted by Crippen LogP contribution is -2.50. The number of alkyl halides is 3. The Kier molecular flexibility index (Phi) is 5.24. The molecule has 2 aromatic rings. The average Bonchev–Trinajstić information content (AvgIpc) is 3.07. The van der Waals surface area contributed by atoms with Gasteiger partial charge in [-0.2, -0.15) is 17.5 Å². The maximum atomic E-state index is 13.1. The molecule has 1 aromatic carbocycles. The summed E-state index contributed by atoms with van der Waals surface area (Å²) in [5.41, 5.74) is -0.489. The Hall–Kier alpha value is -2.40. The van der Waals surface area contributed by atoms with Crippen LogP contribution in [0.15, 0.2) is 33.7 Å². The first-order chi connectivity index (χ1) is 13.0. The zero-order valence-electron chi connectivity index (χ0n) is 15.2. The molecular weight excluding hydrogens is 399 g/mol. The lowest BCUT2D eigenvalue weighted by atomic mass is 10.1. The summed E-state index contributed by atoms with van der Waals surface area (Å²) in [6.07, 6.45) is -4.64. The monoisotopic (exact) mass is 417 g/mol. The van der Waals surface area contributed by atoms with E-state index >= 15 is 0 Å². The van der Waals surface area contributed by atoms with E-state index in [-0.39, 0.29) is 37.5 Å².